The lowest BCUT2D eigenvalue weighted by atomic mass is 10.2. The first kappa shape index (κ1) is 16.9. The van der Waals surface area contributed by atoms with E-state index >= 15 is 0 Å². The van der Waals surface area contributed by atoms with E-state index in [1.165, 1.54) is 11.8 Å². The van der Waals surface area contributed by atoms with Crippen LogP contribution in [0.1, 0.15) is 32.3 Å². The molecule has 4 nitrogen and oxygen atoms in total. The maximum Gasteiger partial charge on any atom is 0.234 e. The summed E-state index contributed by atoms with van der Waals surface area (Å²) in [5.74, 6) is 0.751. The summed E-state index contributed by atoms with van der Waals surface area (Å²) in [7, 11) is 0. The lowest BCUT2D eigenvalue weighted by molar-refractivity contribution is -0.130. The van der Waals surface area contributed by atoms with E-state index in [0.29, 0.717) is 17.5 Å². The third-order valence-corrected chi connectivity index (χ3v) is 4.50. The number of benzene rings is 1. The van der Waals surface area contributed by atoms with Crippen molar-refractivity contribution in [3.63, 3.8) is 0 Å². The van der Waals surface area contributed by atoms with Gasteiger partial charge in [0.25, 0.3) is 0 Å². The third-order valence-electron chi connectivity index (χ3n) is 3.58. The van der Waals surface area contributed by atoms with Crippen molar-refractivity contribution < 1.29 is 9.59 Å². The van der Waals surface area contributed by atoms with Crippen molar-refractivity contribution in [2.75, 3.05) is 16.8 Å². The molecule has 1 aliphatic rings. The van der Waals surface area contributed by atoms with Crippen LogP contribution in [0.2, 0.25) is 0 Å². The fraction of sp³-hybridized carbons (Fsp3) is 0.529. The van der Waals surface area contributed by atoms with Crippen LogP contribution in [0.3, 0.4) is 0 Å². The Kier molecular flexibility index (Phi) is 5.89. The van der Waals surface area contributed by atoms with Crippen LogP contribution in [0.25, 0.3) is 0 Å². The summed E-state index contributed by atoms with van der Waals surface area (Å²) in [6, 6.07) is 8.36. The molecule has 22 heavy (non-hydrogen) atoms. The van der Waals surface area contributed by atoms with E-state index in [9.17, 15) is 9.59 Å². The molecule has 1 N–H and O–H groups in total. The molecule has 0 saturated heterocycles. The normalized spacial score (nSPS) is 14.0. The highest BCUT2D eigenvalue weighted by molar-refractivity contribution is 8.00. The molecule has 0 bridgehead atoms. The van der Waals surface area contributed by atoms with Crippen LogP contribution >= 0.6 is 11.8 Å². The third kappa shape index (κ3) is 5.05. The molecule has 0 heterocycles. The second-order valence-electron chi connectivity index (χ2n) is 6.03. The summed E-state index contributed by atoms with van der Waals surface area (Å²) < 4.78 is 0. The number of rotatable bonds is 7. The molecule has 1 aliphatic carbocycles. The predicted octanol–water partition coefficient (Wildman–Crippen LogP) is 3.07. The molecule has 120 valence electrons. The van der Waals surface area contributed by atoms with Crippen molar-refractivity contribution in [3.8, 4) is 0 Å². The van der Waals surface area contributed by atoms with Gasteiger partial charge in [-0.15, -0.1) is 11.8 Å². The van der Waals surface area contributed by atoms with E-state index in [1.807, 2.05) is 49.9 Å². The lowest BCUT2D eigenvalue weighted by Gasteiger charge is -2.26. The molecule has 0 aliphatic heterocycles. The first-order valence-electron chi connectivity index (χ1n) is 7.73. The van der Waals surface area contributed by atoms with Crippen molar-refractivity contribution in [1.29, 1.82) is 0 Å². The molecule has 1 fully saturated rings. The molecule has 1 aromatic carbocycles. The molecule has 2 rings (SSSR count). The lowest BCUT2D eigenvalue weighted by Crippen LogP contribution is -2.40. The molecule has 0 atom stereocenters. The summed E-state index contributed by atoms with van der Waals surface area (Å²) in [6.07, 6.45) is 2.23. The second kappa shape index (κ2) is 7.68. The summed E-state index contributed by atoms with van der Waals surface area (Å²) in [6.45, 7) is 6.10. The van der Waals surface area contributed by atoms with Crippen LogP contribution in [-0.4, -0.2) is 40.3 Å². The number of nitrogens with one attached hydrogen (secondary N) is 1. The zero-order valence-electron chi connectivity index (χ0n) is 13.5. The van der Waals surface area contributed by atoms with Gasteiger partial charge in [-0.25, -0.2) is 0 Å². The van der Waals surface area contributed by atoms with Crippen molar-refractivity contribution >= 4 is 29.3 Å². The number of nitrogens with zero attached hydrogens (tertiary/aromatic N) is 1. The molecule has 1 saturated carbocycles. The van der Waals surface area contributed by atoms with Crippen molar-refractivity contribution in [2.45, 2.75) is 45.7 Å². The van der Waals surface area contributed by atoms with E-state index in [-0.39, 0.29) is 17.9 Å². The van der Waals surface area contributed by atoms with Crippen molar-refractivity contribution in [1.82, 2.24) is 4.90 Å². The smallest absolute Gasteiger partial charge is 0.234 e. The highest BCUT2D eigenvalue weighted by Crippen LogP contribution is 2.29. The zero-order chi connectivity index (χ0) is 16.1. The summed E-state index contributed by atoms with van der Waals surface area (Å²) in [5.41, 5.74) is 1.95. The molecular weight excluding hydrogens is 296 g/mol. The minimum Gasteiger partial charge on any atom is -0.337 e. The number of carbonyl (C=O) groups excluding carboxylic acids is 2. The van der Waals surface area contributed by atoms with Crippen LogP contribution < -0.4 is 5.32 Å². The van der Waals surface area contributed by atoms with Gasteiger partial charge >= 0.3 is 0 Å². The largest absolute Gasteiger partial charge is 0.337 e. The molecular formula is C17H24N2O2S. The number of anilines is 1. The number of thioether (sulfide) groups is 1. The van der Waals surface area contributed by atoms with Crippen molar-refractivity contribution in [2.24, 2.45) is 0 Å². The quantitative estimate of drug-likeness (QED) is 0.840. The second-order valence-corrected chi connectivity index (χ2v) is 7.02. The Balaban J connectivity index is 1.72. The Hall–Kier alpha value is -1.49. The average molecular weight is 320 g/mol. The molecule has 2 amide bonds. The first-order chi connectivity index (χ1) is 10.5. The fourth-order valence-corrected chi connectivity index (χ4v) is 3.09. The van der Waals surface area contributed by atoms with E-state index in [1.54, 1.807) is 0 Å². The van der Waals surface area contributed by atoms with Gasteiger partial charge in [0.2, 0.25) is 11.8 Å². The molecule has 0 radical (unpaired) electrons. The molecule has 1 aromatic rings. The highest BCUT2D eigenvalue weighted by atomic mass is 32.2. The summed E-state index contributed by atoms with van der Waals surface area (Å²) in [5, 5.41) is 2.85. The fourth-order valence-electron chi connectivity index (χ4n) is 2.41. The molecule has 0 spiro atoms. The maximum absolute atomic E-state index is 12.2. The number of hydrogen-bond donors (Lipinski definition) is 1. The van der Waals surface area contributed by atoms with E-state index in [0.717, 1.165) is 24.1 Å². The highest BCUT2D eigenvalue weighted by Gasteiger charge is 2.33. The van der Waals surface area contributed by atoms with Gasteiger partial charge in [-0.1, -0.05) is 17.7 Å². The van der Waals surface area contributed by atoms with Crippen LogP contribution in [0, 0.1) is 6.92 Å². The van der Waals surface area contributed by atoms with Crippen LogP contribution in [0.4, 0.5) is 5.69 Å². The summed E-state index contributed by atoms with van der Waals surface area (Å²) in [4.78, 5) is 26.1. The van der Waals surface area contributed by atoms with Gasteiger partial charge in [-0.05, 0) is 45.7 Å². The number of hydrogen-bond acceptors (Lipinski definition) is 3. The average Bonchev–Trinajstić information content (AvgIpc) is 3.26. The van der Waals surface area contributed by atoms with Crippen LogP contribution in [0.15, 0.2) is 24.3 Å². The molecule has 0 unspecified atom stereocenters. The minimum atomic E-state index is -0.0656. The van der Waals surface area contributed by atoms with Gasteiger partial charge in [-0.3, -0.25) is 9.59 Å². The standard InChI is InChI=1S/C17H24N2O2S/c1-12(2)19(15-8-9-15)17(21)11-22-10-16(20)18-14-6-4-13(3)5-7-14/h4-7,12,15H,8-11H2,1-3H3,(H,18,20). The molecule has 5 heteroatoms. The van der Waals surface area contributed by atoms with E-state index < -0.39 is 0 Å². The van der Waals surface area contributed by atoms with Crippen molar-refractivity contribution in [3.05, 3.63) is 29.8 Å². The van der Waals surface area contributed by atoms with Gasteiger partial charge in [0.15, 0.2) is 0 Å². The number of aryl methyl sites for hydroxylation is 1. The van der Waals surface area contributed by atoms with Gasteiger partial charge in [-0.2, -0.15) is 0 Å². The van der Waals surface area contributed by atoms with Crippen LogP contribution in [-0.2, 0) is 9.59 Å². The van der Waals surface area contributed by atoms with Gasteiger partial charge in [0.05, 0.1) is 11.5 Å². The van der Waals surface area contributed by atoms with E-state index in [2.05, 4.69) is 5.32 Å². The monoisotopic (exact) mass is 320 g/mol. The Bertz CT molecular complexity index is 522. The van der Waals surface area contributed by atoms with Crippen LogP contribution in [0.5, 0.6) is 0 Å². The first-order valence-corrected chi connectivity index (χ1v) is 8.88. The maximum atomic E-state index is 12.2. The van der Waals surface area contributed by atoms with Gasteiger partial charge in [0, 0.05) is 17.8 Å². The van der Waals surface area contributed by atoms with Gasteiger partial charge in [0.1, 0.15) is 0 Å². The Morgan fingerprint density at radius 3 is 2.41 bits per heavy atom. The molecule has 0 aromatic heterocycles. The number of carbonyl (C=O) groups is 2. The minimum absolute atomic E-state index is 0.0656. The Morgan fingerprint density at radius 2 is 1.86 bits per heavy atom. The zero-order valence-corrected chi connectivity index (χ0v) is 14.3. The SMILES string of the molecule is Cc1ccc(NC(=O)CSCC(=O)N(C(C)C)C2CC2)cc1. The predicted molar refractivity (Wildman–Crippen MR) is 92.1 cm³/mol. The number of amides is 2. The Morgan fingerprint density at radius 1 is 1.23 bits per heavy atom. The van der Waals surface area contributed by atoms with E-state index in [4.69, 9.17) is 0 Å². The van der Waals surface area contributed by atoms with Gasteiger partial charge < -0.3 is 10.2 Å². The Labute approximate surface area is 136 Å². The topological polar surface area (TPSA) is 49.4 Å². The summed E-state index contributed by atoms with van der Waals surface area (Å²) >= 11 is 1.38.